The van der Waals surface area contributed by atoms with Gasteiger partial charge in [-0.15, -0.1) is 0 Å². The molecule has 1 N–H and O–H groups in total. The van der Waals surface area contributed by atoms with Crippen LogP contribution in [-0.4, -0.2) is 43.5 Å². The third kappa shape index (κ3) is 4.62. The van der Waals surface area contributed by atoms with Crippen LogP contribution in [0.1, 0.15) is 0 Å². The summed E-state index contributed by atoms with van der Waals surface area (Å²) >= 11 is 8.50. The molecule has 1 saturated heterocycles. The third-order valence-corrected chi connectivity index (χ3v) is 5.03. The van der Waals surface area contributed by atoms with Crippen LogP contribution in [0.25, 0.3) is 0 Å². The van der Waals surface area contributed by atoms with Gasteiger partial charge in [-0.05, 0) is 52.9 Å². The van der Waals surface area contributed by atoms with Crippen molar-refractivity contribution in [2.75, 3.05) is 42.9 Å². The topological polar surface area (TPSA) is 35.6 Å². The van der Waals surface area contributed by atoms with Crippen LogP contribution < -0.4 is 10.2 Å². The van der Waals surface area contributed by atoms with E-state index >= 15 is 0 Å². The highest BCUT2D eigenvalue weighted by Gasteiger charge is 2.20. The smallest absolute Gasteiger partial charge is 0.238 e. The molecule has 1 fully saturated rings. The highest BCUT2D eigenvalue weighted by Crippen LogP contribution is 2.26. The molecule has 1 amide bonds. The number of anilines is 2. The molecule has 1 aliphatic heterocycles. The van der Waals surface area contributed by atoms with Crippen molar-refractivity contribution in [1.29, 1.82) is 0 Å². The second-order valence-corrected chi connectivity index (χ2v) is 7.43. The Morgan fingerprint density at radius 3 is 2.54 bits per heavy atom. The molecule has 0 aliphatic carbocycles. The van der Waals surface area contributed by atoms with Crippen LogP contribution >= 0.6 is 34.2 Å². The maximum Gasteiger partial charge on any atom is 0.238 e. The SMILES string of the molecule is O=C(CN1CCN(c2ccccc2Cl)CC1)Nc1cccc(I)c1. The van der Waals surface area contributed by atoms with Crippen molar-refractivity contribution in [1.82, 2.24) is 4.90 Å². The van der Waals surface area contributed by atoms with Gasteiger partial charge in [0, 0.05) is 35.4 Å². The maximum absolute atomic E-state index is 12.2. The first-order valence-electron chi connectivity index (χ1n) is 7.89. The molecule has 1 heterocycles. The number of halogens is 2. The molecule has 1 aliphatic rings. The molecule has 3 rings (SSSR count). The van der Waals surface area contributed by atoms with Gasteiger partial charge < -0.3 is 10.2 Å². The Balaban J connectivity index is 1.50. The molecule has 126 valence electrons. The second kappa shape index (κ2) is 8.18. The van der Waals surface area contributed by atoms with Gasteiger partial charge in [0.15, 0.2) is 0 Å². The number of nitrogens with one attached hydrogen (secondary N) is 1. The van der Waals surface area contributed by atoms with Crippen LogP contribution in [-0.2, 0) is 4.79 Å². The number of carbonyl (C=O) groups is 1. The van der Waals surface area contributed by atoms with Crippen LogP contribution in [0.15, 0.2) is 48.5 Å². The minimum absolute atomic E-state index is 0.0307. The fourth-order valence-electron chi connectivity index (χ4n) is 2.82. The van der Waals surface area contributed by atoms with Gasteiger partial charge in [0.2, 0.25) is 5.91 Å². The first-order chi connectivity index (χ1) is 11.6. The Bertz CT molecular complexity index is 717. The van der Waals surface area contributed by atoms with Gasteiger partial charge in [-0.25, -0.2) is 0 Å². The molecule has 2 aromatic rings. The zero-order chi connectivity index (χ0) is 16.9. The Hall–Kier alpha value is -1.31. The number of nitrogens with zero attached hydrogens (tertiary/aromatic N) is 2. The van der Waals surface area contributed by atoms with Crippen molar-refractivity contribution in [3.8, 4) is 0 Å². The van der Waals surface area contributed by atoms with E-state index in [-0.39, 0.29) is 5.91 Å². The first-order valence-corrected chi connectivity index (χ1v) is 9.35. The standard InChI is InChI=1S/C18H19ClIN3O/c19-16-6-1-2-7-17(16)23-10-8-22(9-11-23)13-18(24)21-15-5-3-4-14(20)12-15/h1-7,12H,8-11,13H2,(H,21,24). The highest BCUT2D eigenvalue weighted by atomic mass is 127. The molecular weight excluding hydrogens is 437 g/mol. The Labute approximate surface area is 160 Å². The van der Waals surface area contributed by atoms with E-state index in [0.29, 0.717) is 6.54 Å². The summed E-state index contributed by atoms with van der Waals surface area (Å²) in [5, 5.41) is 3.74. The summed E-state index contributed by atoms with van der Waals surface area (Å²) < 4.78 is 1.11. The lowest BCUT2D eigenvalue weighted by atomic mass is 10.2. The zero-order valence-electron chi connectivity index (χ0n) is 13.2. The lowest BCUT2D eigenvalue weighted by Gasteiger charge is -2.36. The molecule has 0 radical (unpaired) electrons. The normalized spacial score (nSPS) is 15.3. The van der Waals surface area contributed by atoms with Gasteiger partial charge in [0.1, 0.15) is 0 Å². The second-order valence-electron chi connectivity index (χ2n) is 5.77. The fourth-order valence-corrected chi connectivity index (χ4v) is 3.62. The van der Waals surface area contributed by atoms with E-state index in [1.807, 2.05) is 48.5 Å². The van der Waals surface area contributed by atoms with E-state index in [2.05, 4.69) is 37.7 Å². The van der Waals surface area contributed by atoms with Crippen molar-refractivity contribution in [3.63, 3.8) is 0 Å². The molecule has 0 atom stereocenters. The molecule has 0 unspecified atom stereocenters. The van der Waals surface area contributed by atoms with E-state index in [9.17, 15) is 4.79 Å². The summed E-state index contributed by atoms with van der Waals surface area (Å²) in [6.45, 7) is 3.87. The van der Waals surface area contributed by atoms with E-state index in [1.165, 1.54) is 0 Å². The van der Waals surface area contributed by atoms with Crippen molar-refractivity contribution in [2.45, 2.75) is 0 Å². The molecule has 0 aromatic heterocycles. The Morgan fingerprint density at radius 1 is 1.08 bits per heavy atom. The molecule has 0 bridgehead atoms. The van der Waals surface area contributed by atoms with Crippen LogP contribution in [0.5, 0.6) is 0 Å². The fraction of sp³-hybridized carbons (Fsp3) is 0.278. The predicted octanol–water partition coefficient (Wildman–Crippen LogP) is 3.71. The number of para-hydroxylation sites is 1. The lowest BCUT2D eigenvalue weighted by Crippen LogP contribution is -2.48. The Morgan fingerprint density at radius 2 is 1.83 bits per heavy atom. The largest absolute Gasteiger partial charge is 0.368 e. The highest BCUT2D eigenvalue weighted by molar-refractivity contribution is 14.1. The van der Waals surface area contributed by atoms with Crippen LogP contribution in [0.2, 0.25) is 5.02 Å². The van der Waals surface area contributed by atoms with E-state index < -0.39 is 0 Å². The molecular formula is C18H19ClIN3O. The number of carbonyl (C=O) groups excluding carboxylic acids is 1. The quantitative estimate of drug-likeness (QED) is 0.714. The Kier molecular flexibility index (Phi) is 5.97. The summed E-state index contributed by atoms with van der Waals surface area (Å²) in [6.07, 6.45) is 0. The summed E-state index contributed by atoms with van der Waals surface area (Å²) in [5.74, 6) is 0.0307. The lowest BCUT2D eigenvalue weighted by molar-refractivity contribution is -0.117. The van der Waals surface area contributed by atoms with Crippen LogP contribution in [0, 0.1) is 3.57 Å². The van der Waals surface area contributed by atoms with Crippen molar-refractivity contribution >= 4 is 51.5 Å². The molecule has 0 spiro atoms. The number of amides is 1. The summed E-state index contributed by atoms with van der Waals surface area (Å²) in [6, 6.07) is 15.7. The minimum atomic E-state index is 0.0307. The van der Waals surface area contributed by atoms with E-state index in [0.717, 1.165) is 46.1 Å². The monoisotopic (exact) mass is 455 g/mol. The number of benzene rings is 2. The van der Waals surface area contributed by atoms with Crippen molar-refractivity contribution < 1.29 is 4.79 Å². The van der Waals surface area contributed by atoms with Gasteiger partial charge in [-0.1, -0.05) is 29.8 Å². The van der Waals surface area contributed by atoms with E-state index in [1.54, 1.807) is 0 Å². The van der Waals surface area contributed by atoms with Gasteiger partial charge in [-0.2, -0.15) is 0 Å². The predicted molar refractivity (Wildman–Crippen MR) is 108 cm³/mol. The van der Waals surface area contributed by atoms with Crippen LogP contribution in [0.3, 0.4) is 0 Å². The van der Waals surface area contributed by atoms with Gasteiger partial charge in [0.25, 0.3) is 0 Å². The average Bonchev–Trinajstić information content (AvgIpc) is 2.56. The summed E-state index contributed by atoms with van der Waals surface area (Å²) in [7, 11) is 0. The number of rotatable bonds is 4. The van der Waals surface area contributed by atoms with Gasteiger partial charge in [-0.3, -0.25) is 9.69 Å². The first kappa shape index (κ1) is 17.5. The van der Waals surface area contributed by atoms with Crippen molar-refractivity contribution in [3.05, 3.63) is 57.1 Å². The minimum Gasteiger partial charge on any atom is -0.368 e. The third-order valence-electron chi connectivity index (χ3n) is 4.04. The summed E-state index contributed by atoms with van der Waals surface area (Å²) in [5.41, 5.74) is 1.92. The molecule has 4 nitrogen and oxygen atoms in total. The molecule has 0 saturated carbocycles. The van der Waals surface area contributed by atoms with E-state index in [4.69, 9.17) is 11.6 Å². The number of hydrogen-bond donors (Lipinski definition) is 1. The summed E-state index contributed by atoms with van der Waals surface area (Å²) in [4.78, 5) is 16.7. The average molecular weight is 456 g/mol. The maximum atomic E-state index is 12.2. The zero-order valence-corrected chi connectivity index (χ0v) is 16.1. The number of piperazine rings is 1. The molecule has 24 heavy (non-hydrogen) atoms. The van der Waals surface area contributed by atoms with Gasteiger partial charge >= 0.3 is 0 Å². The van der Waals surface area contributed by atoms with Gasteiger partial charge in [0.05, 0.1) is 17.3 Å². The molecule has 6 heteroatoms. The number of hydrogen-bond acceptors (Lipinski definition) is 3. The molecule has 2 aromatic carbocycles. The van der Waals surface area contributed by atoms with Crippen LogP contribution in [0.4, 0.5) is 11.4 Å². The van der Waals surface area contributed by atoms with Crippen molar-refractivity contribution in [2.24, 2.45) is 0 Å².